The maximum absolute atomic E-state index is 5.41. The molecule has 0 spiro atoms. The predicted molar refractivity (Wildman–Crippen MR) is 86.9 cm³/mol. The fraction of sp³-hybridized carbons (Fsp3) is 0.118. The van der Waals surface area contributed by atoms with Crippen LogP contribution in [0.5, 0.6) is 0 Å². The molecule has 0 saturated carbocycles. The highest BCUT2D eigenvalue weighted by molar-refractivity contribution is 5.76. The summed E-state index contributed by atoms with van der Waals surface area (Å²) in [6.07, 6.45) is 1.60. The van der Waals surface area contributed by atoms with Crippen molar-refractivity contribution in [3.05, 3.63) is 65.7 Å². The van der Waals surface area contributed by atoms with Crippen LogP contribution in [0.4, 0.5) is 5.95 Å². The van der Waals surface area contributed by atoms with E-state index >= 15 is 0 Å². The first-order valence-electron chi connectivity index (χ1n) is 6.97. The highest BCUT2D eigenvalue weighted by Gasteiger charge is 2.03. The average molecular weight is 292 g/mol. The highest BCUT2D eigenvalue weighted by atomic mass is 16.3. The summed E-state index contributed by atoms with van der Waals surface area (Å²) in [4.78, 5) is 8.80. The number of nitrogens with zero attached hydrogens (tertiary/aromatic N) is 3. The minimum Gasteiger partial charge on any atom is -0.460 e. The van der Waals surface area contributed by atoms with Gasteiger partial charge in [-0.1, -0.05) is 30.3 Å². The summed E-state index contributed by atoms with van der Waals surface area (Å²) in [7, 11) is 0. The van der Waals surface area contributed by atoms with E-state index in [0.29, 0.717) is 11.7 Å². The summed E-state index contributed by atoms with van der Waals surface area (Å²) in [5.74, 6) is 1.99. The number of hydrogen-bond acceptors (Lipinski definition) is 5. The quantitative estimate of drug-likeness (QED) is 0.587. The minimum atomic E-state index is 0.457. The fourth-order valence-corrected chi connectivity index (χ4v) is 2.05. The van der Waals surface area contributed by atoms with E-state index in [4.69, 9.17) is 4.42 Å². The van der Waals surface area contributed by atoms with Gasteiger partial charge in [-0.15, -0.1) is 0 Å². The first-order valence-corrected chi connectivity index (χ1v) is 6.97. The Morgan fingerprint density at radius 1 is 1.05 bits per heavy atom. The van der Waals surface area contributed by atoms with Gasteiger partial charge in [0, 0.05) is 11.3 Å². The lowest BCUT2D eigenvalue weighted by Gasteiger charge is -2.05. The molecule has 110 valence electrons. The van der Waals surface area contributed by atoms with Crippen LogP contribution >= 0.6 is 0 Å². The van der Waals surface area contributed by atoms with Crippen LogP contribution in [0.3, 0.4) is 0 Å². The van der Waals surface area contributed by atoms with E-state index in [0.717, 1.165) is 22.7 Å². The van der Waals surface area contributed by atoms with Crippen molar-refractivity contribution in [2.24, 2.45) is 5.10 Å². The number of furan rings is 1. The van der Waals surface area contributed by atoms with Gasteiger partial charge in [0.25, 0.3) is 0 Å². The Balaban J connectivity index is 1.79. The monoisotopic (exact) mass is 292 g/mol. The molecular weight excluding hydrogens is 276 g/mol. The van der Waals surface area contributed by atoms with Gasteiger partial charge in [-0.2, -0.15) is 5.10 Å². The van der Waals surface area contributed by atoms with Crippen molar-refractivity contribution in [2.75, 3.05) is 5.43 Å². The lowest BCUT2D eigenvalue weighted by atomic mass is 10.1. The summed E-state index contributed by atoms with van der Waals surface area (Å²) >= 11 is 0. The molecule has 0 fully saturated rings. The third-order valence-corrected chi connectivity index (χ3v) is 3.04. The predicted octanol–water partition coefficient (Wildman–Crippen LogP) is 3.80. The molecule has 2 aromatic heterocycles. The average Bonchev–Trinajstić information content (AvgIpc) is 2.93. The molecule has 0 aliphatic heterocycles. The van der Waals surface area contributed by atoms with Gasteiger partial charge in [-0.05, 0) is 32.0 Å². The van der Waals surface area contributed by atoms with Crippen LogP contribution in [0, 0.1) is 13.8 Å². The number of aromatic nitrogens is 2. The molecule has 22 heavy (non-hydrogen) atoms. The van der Waals surface area contributed by atoms with Crippen LogP contribution in [0.2, 0.25) is 0 Å². The van der Waals surface area contributed by atoms with Crippen LogP contribution in [0.25, 0.3) is 11.3 Å². The van der Waals surface area contributed by atoms with E-state index in [1.54, 1.807) is 6.21 Å². The Kier molecular flexibility index (Phi) is 3.96. The molecule has 0 bridgehead atoms. The van der Waals surface area contributed by atoms with Crippen molar-refractivity contribution in [3.8, 4) is 11.3 Å². The smallest absolute Gasteiger partial charge is 0.244 e. The Labute approximate surface area is 128 Å². The van der Waals surface area contributed by atoms with Crippen LogP contribution < -0.4 is 5.43 Å². The Bertz CT molecular complexity index is 793. The zero-order valence-corrected chi connectivity index (χ0v) is 12.4. The topological polar surface area (TPSA) is 63.3 Å². The van der Waals surface area contributed by atoms with Gasteiger partial charge in [-0.25, -0.2) is 15.4 Å². The minimum absolute atomic E-state index is 0.457. The van der Waals surface area contributed by atoms with E-state index in [9.17, 15) is 0 Å². The fourth-order valence-electron chi connectivity index (χ4n) is 2.05. The summed E-state index contributed by atoms with van der Waals surface area (Å²) in [6.45, 7) is 3.82. The van der Waals surface area contributed by atoms with Gasteiger partial charge in [0.05, 0.1) is 11.9 Å². The van der Waals surface area contributed by atoms with Crippen molar-refractivity contribution in [1.82, 2.24) is 9.97 Å². The molecule has 2 heterocycles. The van der Waals surface area contributed by atoms with Crippen molar-refractivity contribution < 1.29 is 4.42 Å². The molecule has 1 aromatic carbocycles. The third kappa shape index (κ3) is 3.38. The Morgan fingerprint density at radius 2 is 1.86 bits per heavy atom. The van der Waals surface area contributed by atoms with Gasteiger partial charge in [0.15, 0.2) is 0 Å². The van der Waals surface area contributed by atoms with Gasteiger partial charge >= 0.3 is 0 Å². The van der Waals surface area contributed by atoms with Gasteiger partial charge < -0.3 is 4.42 Å². The maximum Gasteiger partial charge on any atom is 0.244 e. The second-order valence-electron chi connectivity index (χ2n) is 4.90. The van der Waals surface area contributed by atoms with E-state index < -0.39 is 0 Å². The number of aryl methyl sites for hydroxylation is 2. The van der Waals surface area contributed by atoms with Crippen LogP contribution in [-0.2, 0) is 0 Å². The largest absolute Gasteiger partial charge is 0.460 e. The first kappa shape index (κ1) is 14.0. The highest BCUT2D eigenvalue weighted by Crippen LogP contribution is 2.18. The normalized spacial score (nSPS) is 11.0. The number of anilines is 1. The second-order valence-corrected chi connectivity index (χ2v) is 4.90. The molecule has 3 aromatic rings. The van der Waals surface area contributed by atoms with Crippen LogP contribution in [0.1, 0.15) is 17.2 Å². The first-order chi connectivity index (χ1) is 10.7. The number of rotatable bonds is 4. The van der Waals surface area contributed by atoms with E-state index in [2.05, 4.69) is 20.5 Å². The SMILES string of the molecule is Cc1cc(-c2ccccc2)nc(N/N=C/c2ccc(C)o2)n1. The molecule has 0 radical (unpaired) electrons. The molecule has 5 nitrogen and oxygen atoms in total. The lowest BCUT2D eigenvalue weighted by molar-refractivity contribution is 0.528. The van der Waals surface area contributed by atoms with Crippen molar-refractivity contribution >= 4 is 12.2 Å². The number of hydrogen-bond donors (Lipinski definition) is 1. The number of benzene rings is 1. The van der Waals surface area contributed by atoms with E-state index in [-0.39, 0.29) is 0 Å². The van der Waals surface area contributed by atoms with Crippen LogP contribution in [-0.4, -0.2) is 16.2 Å². The molecule has 5 heteroatoms. The standard InChI is InChI=1S/C17H16N4O/c1-12-10-16(14-6-4-3-5-7-14)20-17(19-12)21-18-11-15-9-8-13(2)22-15/h3-11H,1-2H3,(H,19,20,21)/b18-11+. The summed E-state index contributed by atoms with van der Waals surface area (Å²) in [6, 6.07) is 15.7. The Morgan fingerprint density at radius 3 is 2.59 bits per heavy atom. The molecule has 0 saturated heterocycles. The van der Waals surface area contributed by atoms with Crippen molar-refractivity contribution in [2.45, 2.75) is 13.8 Å². The van der Waals surface area contributed by atoms with Gasteiger partial charge in [0.2, 0.25) is 5.95 Å². The molecule has 1 N–H and O–H groups in total. The zero-order chi connectivity index (χ0) is 15.4. The summed E-state index contributed by atoms with van der Waals surface area (Å²) in [5.41, 5.74) is 5.62. The molecular formula is C17H16N4O. The molecule has 0 unspecified atom stereocenters. The van der Waals surface area contributed by atoms with Gasteiger partial charge in [0.1, 0.15) is 11.5 Å². The molecule has 0 atom stereocenters. The molecule has 3 rings (SSSR count). The van der Waals surface area contributed by atoms with Gasteiger partial charge in [-0.3, -0.25) is 0 Å². The van der Waals surface area contributed by atoms with Crippen molar-refractivity contribution in [1.29, 1.82) is 0 Å². The summed E-state index contributed by atoms with van der Waals surface area (Å²) < 4.78 is 5.41. The molecule has 0 aliphatic rings. The third-order valence-electron chi connectivity index (χ3n) is 3.04. The molecule has 0 aliphatic carbocycles. The second kappa shape index (κ2) is 6.22. The summed E-state index contributed by atoms with van der Waals surface area (Å²) in [5, 5.41) is 4.11. The maximum atomic E-state index is 5.41. The van der Waals surface area contributed by atoms with Crippen molar-refractivity contribution in [3.63, 3.8) is 0 Å². The van der Waals surface area contributed by atoms with E-state index in [1.807, 2.05) is 62.4 Å². The number of hydrazone groups is 1. The number of nitrogens with one attached hydrogen (secondary N) is 1. The molecule has 0 amide bonds. The Hall–Kier alpha value is -2.95. The zero-order valence-electron chi connectivity index (χ0n) is 12.4. The van der Waals surface area contributed by atoms with E-state index in [1.165, 1.54) is 0 Å². The lowest BCUT2D eigenvalue weighted by Crippen LogP contribution is -1.99. The van der Waals surface area contributed by atoms with Crippen LogP contribution in [0.15, 0.2) is 58.0 Å².